The van der Waals surface area contributed by atoms with E-state index in [1.54, 1.807) is 0 Å². The summed E-state index contributed by atoms with van der Waals surface area (Å²) in [5.41, 5.74) is 2.95. The van der Waals surface area contributed by atoms with E-state index in [4.69, 9.17) is 4.74 Å². The molecule has 3 heterocycles. The zero-order valence-corrected chi connectivity index (χ0v) is 18.3. The Morgan fingerprint density at radius 2 is 2.10 bits per heavy atom. The standard InChI is InChI=1S/C23H32N6O2/c1-2-16-13-17(31-23(30)24-9-12-28-10-4-3-5-11-28)14-18(16)22-27-26-21-15-25-19-7-6-8-20(19)29(21)22/h6,8,15-18H,2-5,7,9-14H2,1H3,(H,24,30)/t16-,17+,18+/m1/s1. The first-order valence-electron chi connectivity index (χ1n) is 11.8. The molecule has 0 radical (unpaired) electrons. The van der Waals surface area contributed by atoms with Crippen molar-refractivity contribution < 1.29 is 9.53 Å². The number of nitrogens with zero attached hydrogens (tertiary/aromatic N) is 5. The minimum absolute atomic E-state index is 0.0808. The average molecular weight is 425 g/mol. The summed E-state index contributed by atoms with van der Waals surface area (Å²) in [6.07, 6.45) is 13.1. The highest BCUT2D eigenvalue weighted by Gasteiger charge is 2.39. The fourth-order valence-corrected chi connectivity index (χ4v) is 5.45. The number of allylic oxidation sites excluding steroid dienone is 1. The van der Waals surface area contributed by atoms with Crippen LogP contribution in [0.4, 0.5) is 4.79 Å². The van der Waals surface area contributed by atoms with Crippen molar-refractivity contribution >= 4 is 17.8 Å². The van der Waals surface area contributed by atoms with Crippen molar-refractivity contribution in [3.63, 3.8) is 0 Å². The Kier molecular flexibility index (Phi) is 5.89. The van der Waals surface area contributed by atoms with Crippen LogP contribution in [0.5, 0.6) is 0 Å². The van der Waals surface area contributed by atoms with Gasteiger partial charge in [-0.25, -0.2) is 4.79 Å². The van der Waals surface area contributed by atoms with Crippen LogP contribution in [0.1, 0.15) is 68.6 Å². The summed E-state index contributed by atoms with van der Waals surface area (Å²) in [4.78, 5) is 19.3. The minimum Gasteiger partial charge on any atom is -0.446 e. The zero-order valence-electron chi connectivity index (χ0n) is 18.3. The molecule has 0 aromatic carbocycles. The molecule has 166 valence electrons. The second kappa shape index (κ2) is 8.94. The molecule has 31 heavy (non-hydrogen) atoms. The Morgan fingerprint density at radius 3 is 2.94 bits per heavy atom. The lowest BCUT2D eigenvalue weighted by Gasteiger charge is -2.26. The highest BCUT2D eigenvalue weighted by atomic mass is 16.6. The number of nitrogens with one attached hydrogen (secondary N) is 1. The topological polar surface area (TPSA) is 84.6 Å². The molecule has 3 aliphatic rings. The van der Waals surface area contributed by atoms with Crippen LogP contribution in [0.3, 0.4) is 0 Å². The van der Waals surface area contributed by atoms with Gasteiger partial charge in [0.05, 0.1) is 17.6 Å². The summed E-state index contributed by atoms with van der Waals surface area (Å²) in [6, 6.07) is 0. The van der Waals surface area contributed by atoms with Gasteiger partial charge in [-0.2, -0.15) is 0 Å². The van der Waals surface area contributed by atoms with Gasteiger partial charge in [0, 0.05) is 25.4 Å². The summed E-state index contributed by atoms with van der Waals surface area (Å²) < 4.78 is 7.97. The number of likely N-dealkylation sites (tertiary alicyclic amines) is 1. The fraction of sp³-hybridized carbons (Fsp3) is 0.652. The van der Waals surface area contributed by atoms with E-state index in [2.05, 4.69) is 48.9 Å². The summed E-state index contributed by atoms with van der Waals surface area (Å²) >= 11 is 0. The van der Waals surface area contributed by atoms with Gasteiger partial charge in [-0.05, 0) is 50.8 Å². The van der Waals surface area contributed by atoms with E-state index < -0.39 is 0 Å². The second-order valence-electron chi connectivity index (χ2n) is 9.05. The summed E-state index contributed by atoms with van der Waals surface area (Å²) in [5, 5.41) is 11.9. The predicted octanol–water partition coefficient (Wildman–Crippen LogP) is 3.18. The molecular formula is C23H32N6O2. The van der Waals surface area contributed by atoms with Gasteiger partial charge in [-0.1, -0.05) is 25.8 Å². The molecule has 0 bridgehead atoms. The number of rotatable bonds is 6. The monoisotopic (exact) mass is 424 g/mol. The van der Waals surface area contributed by atoms with Crippen molar-refractivity contribution in [3.8, 4) is 0 Å². The number of carbonyl (C=O) groups excluding carboxylic acids is 1. The van der Waals surface area contributed by atoms with Gasteiger partial charge in [0.2, 0.25) is 0 Å². The van der Waals surface area contributed by atoms with Crippen LogP contribution in [0.15, 0.2) is 12.3 Å². The maximum Gasteiger partial charge on any atom is 0.407 e. The molecule has 0 unspecified atom stereocenters. The second-order valence-corrected chi connectivity index (χ2v) is 9.05. The van der Waals surface area contributed by atoms with E-state index in [0.717, 1.165) is 68.2 Å². The van der Waals surface area contributed by atoms with Gasteiger partial charge >= 0.3 is 6.09 Å². The normalized spacial score (nSPS) is 25.8. The molecule has 2 fully saturated rings. The Balaban J connectivity index is 1.22. The highest BCUT2D eigenvalue weighted by molar-refractivity contribution is 5.67. The first-order chi connectivity index (χ1) is 15.2. The molecule has 1 saturated carbocycles. The third-order valence-corrected chi connectivity index (χ3v) is 7.10. The van der Waals surface area contributed by atoms with Gasteiger partial charge in [-0.3, -0.25) is 9.38 Å². The molecule has 1 saturated heterocycles. The predicted molar refractivity (Wildman–Crippen MR) is 118 cm³/mol. The van der Waals surface area contributed by atoms with Crippen LogP contribution in [0.2, 0.25) is 0 Å². The lowest BCUT2D eigenvalue weighted by molar-refractivity contribution is 0.0968. The minimum atomic E-state index is -0.295. The summed E-state index contributed by atoms with van der Waals surface area (Å²) in [5.74, 6) is 1.63. The number of alkyl carbamates (subject to hydrolysis) is 1. The molecule has 2 aromatic heterocycles. The van der Waals surface area contributed by atoms with Crippen LogP contribution < -0.4 is 5.32 Å². The Labute approximate surface area is 183 Å². The van der Waals surface area contributed by atoms with Crippen LogP contribution in [-0.4, -0.2) is 62.9 Å². The molecule has 1 N–H and O–H groups in total. The van der Waals surface area contributed by atoms with Gasteiger partial charge in [0.25, 0.3) is 0 Å². The fourth-order valence-electron chi connectivity index (χ4n) is 5.45. The molecule has 3 atom stereocenters. The number of carbonyl (C=O) groups is 1. The van der Waals surface area contributed by atoms with Crippen LogP contribution in [0, 0.1) is 5.92 Å². The SMILES string of the molecule is CC[C@@H]1C[C@H](OC(=O)NCCN2CCCCC2)C[C@@H]1c1nnc2cnc3c(n12)C=CC3. The number of fused-ring (bicyclic) bond motifs is 3. The van der Waals surface area contributed by atoms with Crippen molar-refractivity contribution in [1.82, 2.24) is 29.8 Å². The van der Waals surface area contributed by atoms with Crippen LogP contribution in [-0.2, 0) is 11.2 Å². The van der Waals surface area contributed by atoms with Crippen molar-refractivity contribution in [1.29, 1.82) is 0 Å². The molecule has 2 aromatic rings. The van der Waals surface area contributed by atoms with E-state index >= 15 is 0 Å². The number of aromatic nitrogens is 4. The van der Waals surface area contributed by atoms with Crippen molar-refractivity contribution in [2.75, 3.05) is 26.2 Å². The third kappa shape index (κ3) is 4.18. The molecule has 1 aliphatic heterocycles. The van der Waals surface area contributed by atoms with Crippen LogP contribution >= 0.6 is 0 Å². The van der Waals surface area contributed by atoms with E-state index in [1.165, 1.54) is 19.3 Å². The molecule has 8 nitrogen and oxygen atoms in total. The molecule has 2 aliphatic carbocycles. The number of hydrogen-bond donors (Lipinski definition) is 1. The van der Waals surface area contributed by atoms with Gasteiger partial charge in [-0.15, -0.1) is 10.2 Å². The molecule has 5 rings (SSSR count). The van der Waals surface area contributed by atoms with Crippen molar-refractivity contribution in [2.24, 2.45) is 5.92 Å². The average Bonchev–Trinajstić information content (AvgIpc) is 3.51. The lowest BCUT2D eigenvalue weighted by Crippen LogP contribution is -2.38. The summed E-state index contributed by atoms with van der Waals surface area (Å²) in [6.45, 7) is 6.03. The van der Waals surface area contributed by atoms with Crippen molar-refractivity contribution in [3.05, 3.63) is 29.5 Å². The molecule has 1 amide bonds. The summed E-state index contributed by atoms with van der Waals surface area (Å²) in [7, 11) is 0. The van der Waals surface area contributed by atoms with Crippen molar-refractivity contribution in [2.45, 2.75) is 63.9 Å². The van der Waals surface area contributed by atoms with E-state index in [0.29, 0.717) is 12.5 Å². The third-order valence-electron chi connectivity index (χ3n) is 7.10. The smallest absolute Gasteiger partial charge is 0.407 e. The Hall–Kier alpha value is -2.48. The first-order valence-corrected chi connectivity index (χ1v) is 11.8. The number of amides is 1. The van der Waals surface area contributed by atoms with E-state index in [-0.39, 0.29) is 18.1 Å². The Bertz CT molecular complexity index is 964. The maximum atomic E-state index is 12.4. The zero-order chi connectivity index (χ0) is 21.2. The number of ether oxygens (including phenoxy) is 1. The first kappa shape index (κ1) is 20.4. The van der Waals surface area contributed by atoms with Gasteiger partial charge < -0.3 is 15.0 Å². The molecule has 8 heteroatoms. The van der Waals surface area contributed by atoms with Crippen LogP contribution in [0.25, 0.3) is 11.7 Å². The van der Waals surface area contributed by atoms with Gasteiger partial charge in [0.1, 0.15) is 11.9 Å². The van der Waals surface area contributed by atoms with Gasteiger partial charge in [0.15, 0.2) is 5.65 Å². The quantitative estimate of drug-likeness (QED) is 0.767. The molecular weight excluding hydrogens is 392 g/mol. The largest absolute Gasteiger partial charge is 0.446 e. The Morgan fingerprint density at radius 1 is 1.23 bits per heavy atom. The van der Waals surface area contributed by atoms with E-state index in [9.17, 15) is 4.79 Å². The number of hydrogen-bond acceptors (Lipinski definition) is 6. The van der Waals surface area contributed by atoms with E-state index in [1.807, 2.05) is 6.20 Å². The highest BCUT2D eigenvalue weighted by Crippen LogP contribution is 2.42. The molecule has 0 spiro atoms. The number of piperidine rings is 1. The maximum absolute atomic E-state index is 12.4. The lowest BCUT2D eigenvalue weighted by atomic mass is 9.93.